The number of hydrogen-bond acceptors (Lipinski definition) is 5. The lowest BCUT2D eigenvalue weighted by atomic mass is 10.0. The molecule has 6 heteroatoms. The zero-order valence-corrected chi connectivity index (χ0v) is 43.0. The molecule has 0 aliphatic heterocycles. The summed E-state index contributed by atoms with van der Waals surface area (Å²) in [5.41, 5.74) is 0. The van der Waals surface area contributed by atoms with Gasteiger partial charge in [0, 0.05) is 12.8 Å². The van der Waals surface area contributed by atoms with Crippen molar-refractivity contribution in [3.05, 3.63) is 24.3 Å². The first-order chi connectivity index (χ1) is 31.5. The van der Waals surface area contributed by atoms with Gasteiger partial charge in [0.25, 0.3) is 0 Å². The van der Waals surface area contributed by atoms with Crippen LogP contribution in [0.5, 0.6) is 0 Å². The highest BCUT2D eigenvalue weighted by Crippen LogP contribution is 2.16. The number of nitrogens with one attached hydrogen (secondary N) is 1. The third-order valence-corrected chi connectivity index (χ3v) is 13.2. The predicted molar refractivity (Wildman–Crippen MR) is 278 cm³/mol. The van der Waals surface area contributed by atoms with Crippen molar-refractivity contribution in [3.8, 4) is 0 Å². The van der Waals surface area contributed by atoms with Crippen LogP contribution in [-0.2, 0) is 14.3 Å². The standard InChI is InChI=1S/C58H111NO5/c1-3-5-7-9-11-13-15-27-30-34-38-42-46-50-56(61)55(54-60)59-57(62)51-47-43-39-35-31-28-25-23-21-19-17-18-20-22-24-26-29-33-37-41-45-49-53-64-58(63)52-48-44-40-36-32-16-14-12-10-8-6-4-2/h19,21,46,50,55-56,60-61H,3-18,20,22-45,47-49,51-54H2,1-2H3,(H,59,62)/b21-19-,50-46+. The zero-order chi connectivity index (χ0) is 46.5. The Labute approximate surface area is 399 Å². The molecule has 6 nitrogen and oxygen atoms in total. The minimum absolute atomic E-state index is 0.00998. The third kappa shape index (κ3) is 49.8. The fourth-order valence-electron chi connectivity index (χ4n) is 8.81. The maximum absolute atomic E-state index is 12.4. The number of carbonyl (C=O) groups is 2. The summed E-state index contributed by atoms with van der Waals surface area (Å²) in [4.78, 5) is 24.4. The van der Waals surface area contributed by atoms with Crippen molar-refractivity contribution in [2.75, 3.05) is 13.2 Å². The molecule has 3 N–H and O–H groups in total. The van der Waals surface area contributed by atoms with Crippen molar-refractivity contribution < 1.29 is 24.5 Å². The Morgan fingerprint density at radius 2 is 0.734 bits per heavy atom. The van der Waals surface area contributed by atoms with Gasteiger partial charge in [-0.05, 0) is 57.8 Å². The van der Waals surface area contributed by atoms with Gasteiger partial charge in [0.05, 0.1) is 25.4 Å². The van der Waals surface area contributed by atoms with Crippen LogP contribution in [0.1, 0.15) is 309 Å². The number of esters is 1. The topological polar surface area (TPSA) is 95.9 Å². The Kier molecular flexibility index (Phi) is 52.6. The summed E-state index contributed by atoms with van der Waals surface area (Å²) in [7, 11) is 0. The molecule has 1 amide bonds. The molecule has 0 fully saturated rings. The Morgan fingerprint density at radius 1 is 0.422 bits per heavy atom. The molecule has 0 heterocycles. The quantitative estimate of drug-likeness (QED) is 0.0321. The van der Waals surface area contributed by atoms with E-state index in [2.05, 4.69) is 31.3 Å². The van der Waals surface area contributed by atoms with E-state index in [-0.39, 0.29) is 18.5 Å². The largest absolute Gasteiger partial charge is 0.466 e. The predicted octanol–water partition coefficient (Wildman–Crippen LogP) is 17.5. The molecule has 2 unspecified atom stereocenters. The third-order valence-electron chi connectivity index (χ3n) is 13.2. The Bertz CT molecular complexity index is 997. The number of rotatable bonds is 53. The number of amides is 1. The number of aliphatic hydroxyl groups is 2. The van der Waals surface area contributed by atoms with Crippen LogP contribution in [0.15, 0.2) is 24.3 Å². The number of hydrogen-bond donors (Lipinski definition) is 3. The molecule has 0 aromatic carbocycles. The highest BCUT2D eigenvalue weighted by molar-refractivity contribution is 5.76. The molecule has 0 saturated heterocycles. The first-order valence-corrected chi connectivity index (χ1v) is 28.6. The molecule has 0 spiro atoms. The van der Waals surface area contributed by atoms with Crippen molar-refractivity contribution in [1.82, 2.24) is 5.32 Å². The van der Waals surface area contributed by atoms with Crippen LogP contribution < -0.4 is 5.32 Å². The maximum atomic E-state index is 12.4. The van der Waals surface area contributed by atoms with Gasteiger partial charge in [-0.25, -0.2) is 0 Å². The van der Waals surface area contributed by atoms with Crippen LogP contribution in [0.2, 0.25) is 0 Å². The van der Waals surface area contributed by atoms with E-state index in [9.17, 15) is 19.8 Å². The smallest absolute Gasteiger partial charge is 0.305 e. The summed E-state index contributed by atoms with van der Waals surface area (Å²) < 4.78 is 5.47. The first-order valence-electron chi connectivity index (χ1n) is 28.6. The lowest BCUT2D eigenvalue weighted by Gasteiger charge is -2.20. The summed E-state index contributed by atoms with van der Waals surface area (Å²) in [6, 6.07) is -0.631. The number of carbonyl (C=O) groups excluding carboxylic acids is 2. The van der Waals surface area contributed by atoms with Crippen LogP contribution in [-0.4, -0.2) is 47.4 Å². The van der Waals surface area contributed by atoms with E-state index in [1.54, 1.807) is 6.08 Å². The molecule has 0 aliphatic carbocycles. The molecule has 0 bridgehead atoms. The summed E-state index contributed by atoms with van der Waals surface area (Å²) >= 11 is 0. The zero-order valence-electron chi connectivity index (χ0n) is 43.0. The second kappa shape index (κ2) is 54.0. The van der Waals surface area contributed by atoms with E-state index in [4.69, 9.17) is 4.74 Å². The monoisotopic (exact) mass is 902 g/mol. The van der Waals surface area contributed by atoms with Gasteiger partial charge >= 0.3 is 5.97 Å². The highest BCUT2D eigenvalue weighted by Gasteiger charge is 2.18. The van der Waals surface area contributed by atoms with Crippen LogP contribution in [0, 0.1) is 0 Å². The number of unbranched alkanes of at least 4 members (excludes halogenated alkanes) is 40. The Morgan fingerprint density at radius 3 is 1.11 bits per heavy atom. The normalized spacial score (nSPS) is 12.8. The van der Waals surface area contributed by atoms with Gasteiger partial charge in [-0.15, -0.1) is 0 Å². The molecular formula is C58H111NO5. The van der Waals surface area contributed by atoms with Gasteiger partial charge in [0.1, 0.15) is 0 Å². The summed E-state index contributed by atoms with van der Waals surface area (Å²) in [6.07, 6.45) is 64.9. The molecule has 0 aliphatic rings. The Balaban J connectivity index is 3.43. The average Bonchev–Trinajstić information content (AvgIpc) is 3.29. The molecule has 0 radical (unpaired) electrons. The molecule has 64 heavy (non-hydrogen) atoms. The van der Waals surface area contributed by atoms with Crippen molar-refractivity contribution >= 4 is 11.9 Å². The van der Waals surface area contributed by atoms with Gasteiger partial charge in [-0.2, -0.15) is 0 Å². The molecule has 0 rings (SSSR count). The molecule has 0 aromatic heterocycles. The summed E-state index contributed by atoms with van der Waals surface area (Å²) in [6.45, 7) is 4.90. The van der Waals surface area contributed by atoms with Crippen molar-refractivity contribution in [1.29, 1.82) is 0 Å². The molecule has 0 aromatic rings. The number of ether oxygens (including phenoxy) is 1. The second-order valence-corrected chi connectivity index (χ2v) is 19.6. The van der Waals surface area contributed by atoms with E-state index >= 15 is 0 Å². The fourth-order valence-corrected chi connectivity index (χ4v) is 8.81. The summed E-state index contributed by atoms with van der Waals surface area (Å²) in [5, 5.41) is 23.0. The molecule has 378 valence electrons. The van der Waals surface area contributed by atoms with E-state index in [0.717, 1.165) is 44.9 Å². The highest BCUT2D eigenvalue weighted by atomic mass is 16.5. The van der Waals surface area contributed by atoms with Crippen LogP contribution in [0.3, 0.4) is 0 Å². The lowest BCUT2D eigenvalue weighted by Crippen LogP contribution is -2.45. The van der Waals surface area contributed by atoms with Crippen LogP contribution >= 0.6 is 0 Å². The van der Waals surface area contributed by atoms with E-state index in [1.807, 2.05) is 6.08 Å². The minimum Gasteiger partial charge on any atom is -0.466 e. The maximum Gasteiger partial charge on any atom is 0.305 e. The lowest BCUT2D eigenvalue weighted by molar-refractivity contribution is -0.143. The molecule has 0 saturated carbocycles. The fraction of sp³-hybridized carbons (Fsp3) is 0.897. The SMILES string of the molecule is CCCCCCCCCCCCC/C=C/C(O)C(CO)NC(=O)CCCCCCCCC/C=C\CCCCCCCCCCCCCOC(=O)CCCCCCCCCCCCCC. The Hall–Kier alpha value is -1.66. The molecular weight excluding hydrogens is 791 g/mol. The average molecular weight is 903 g/mol. The minimum atomic E-state index is -0.847. The number of aliphatic hydroxyl groups excluding tert-OH is 2. The van der Waals surface area contributed by atoms with Gasteiger partial charge in [0.15, 0.2) is 0 Å². The van der Waals surface area contributed by atoms with E-state index in [1.165, 1.54) is 238 Å². The van der Waals surface area contributed by atoms with Crippen LogP contribution in [0.4, 0.5) is 0 Å². The van der Waals surface area contributed by atoms with Gasteiger partial charge in [-0.3, -0.25) is 9.59 Å². The van der Waals surface area contributed by atoms with Crippen molar-refractivity contribution in [3.63, 3.8) is 0 Å². The van der Waals surface area contributed by atoms with Gasteiger partial charge < -0.3 is 20.3 Å². The van der Waals surface area contributed by atoms with Crippen molar-refractivity contribution in [2.45, 2.75) is 321 Å². The van der Waals surface area contributed by atoms with Crippen LogP contribution in [0.25, 0.3) is 0 Å². The second-order valence-electron chi connectivity index (χ2n) is 19.6. The first kappa shape index (κ1) is 62.3. The summed E-state index contributed by atoms with van der Waals surface area (Å²) in [5.74, 6) is -0.0647. The number of allylic oxidation sites excluding steroid dienone is 3. The van der Waals surface area contributed by atoms with Crippen molar-refractivity contribution in [2.24, 2.45) is 0 Å². The van der Waals surface area contributed by atoms with E-state index in [0.29, 0.717) is 19.4 Å². The van der Waals surface area contributed by atoms with Gasteiger partial charge in [0.2, 0.25) is 5.91 Å². The molecule has 2 atom stereocenters. The van der Waals surface area contributed by atoms with E-state index < -0.39 is 12.1 Å². The van der Waals surface area contributed by atoms with Gasteiger partial charge in [-0.1, -0.05) is 263 Å².